The molecule has 0 spiro atoms. The number of alkyl halides is 3. The lowest BCUT2D eigenvalue weighted by atomic mass is 9.95. The number of carbonyl (C=O) groups is 2. The fraction of sp³-hybridized carbons (Fsp3) is 0.286. The van der Waals surface area contributed by atoms with Gasteiger partial charge < -0.3 is 19.9 Å². The molecule has 9 heteroatoms. The van der Waals surface area contributed by atoms with Crippen LogP contribution >= 0.6 is 0 Å². The number of hydrogen-bond acceptors (Lipinski definition) is 5. The summed E-state index contributed by atoms with van der Waals surface area (Å²) in [5.74, 6) is -0.120. The fourth-order valence-electron chi connectivity index (χ4n) is 4.32. The number of nitrogens with zero attached hydrogens (tertiary/aromatic N) is 2. The van der Waals surface area contributed by atoms with Gasteiger partial charge in [0.25, 0.3) is 5.91 Å². The summed E-state index contributed by atoms with van der Waals surface area (Å²) in [4.78, 5) is 28.9. The summed E-state index contributed by atoms with van der Waals surface area (Å²) in [5, 5.41) is 2.86. The van der Waals surface area contributed by atoms with Crippen molar-refractivity contribution in [1.82, 2.24) is 4.90 Å². The van der Waals surface area contributed by atoms with Gasteiger partial charge in [0.15, 0.2) is 5.78 Å². The maximum absolute atomic E-state index is 13.7. The lowest BCUT2D eigenvalue weighted by Crippen LogP contribution is -2.44. The molecule has 3 aromatic rings. The average Bonchev–Trinajstić information content (AvgIpc) is 2.88. The number of anilines is 2. The van der Waals surface area contributed by atoms with Crippen molar-refractivity contribution in [2.75, 3.05) is 50.6 Å². The molecule has 1 amide bonds. The SMILES string of the molecule is COc1ccc(NC(=O)c2ccc(-c3ccc(C(C)=O)cc3C(F)(F)F)cc2)cc1N1CCN(C)CC1. The molecule has 0 unspecified atom stereocenters. The van der Waals surface area contributed by atoms with Crippen LogP contribution in [0, 0.1) is 0 Å². The Morgan fingerprint density at radius 3 is 2.14 bits per heavy atom. The topological polar surface area (TPSA) is 61.9 Å². The molecule has 1 aliphatic rings. The van der Waals surface area contributed by atoms with Crippen LogP contribution in [0.15, 0.2) is 60.7 Å². The van der Waals surface area contributed by atoms with E-state index in [1.807, 2.05) is 6.07 Å². The van der Waals surface area contributed by atoms with Gasteiger partial charge in [0, 0.05) is 43.0 Å². The van der Waals surface area contributed by atoms with Crippen LogP contribution in [0.2, 0.25) is 0 Å². The Bertz CT molecular complexity index is 1300. The quantitative estimate of drug-likeness (QED) is 0.438. The molecular formula is C28H28F3N3O3. The third-order valence-corrected chi connectivity index (χ3v) is 6.47. The molecule has 0 atom stereocenters. The molecule has 6 nitrogen and oxygen atoms in total. The van der Waals surface area contributed by atoms with E-state index < -0.39 is 17.5 Å². The van der Waals surface area contributed by atoms with Crippen molar-refractivity contribution in [2.45, 2.75) is 13.1 Å². The Balaban J connectivity index is 1.55. The monoisotopic (exact) mass is 511 g/mol. The molecule has 0 bridgehead atoms. The lowest BCUT2D eigenvalue weighted by Gasteiger charge is -2.34. The Morgan fingerprint density at radius 1 is 0.892 bits per heavy atom. The molecular weight excluding hydrogens is 483 g/mol. The molecule has 1 fully saturated rings. The maximum atomic E-state index is 13.7. The number of nitrogens with one attached hydrogen (secondary N) is 1. The summed E-state index contributed by atoms with van der Waals surface area (Å²) in [7, 11) is 3.67. The van der Waals surface area contributed by atoms with Crippen LogP contribution in [-0.2, 0) is 6.18 Å². The van der Waals surface area contributed by atoms with Gasteiger partial charge in [-0.25, -0.2) is 0 Å². The number of halogens is 3. The van der Waals surface area contributed by atoms with Gasteiger partial charge in [-0.2, -0.15) is 13.2 Å². The van der Waals surface area contributed by atoms with Crippen LogP contribution in [-0.4, -0.2) is 56.9 Å². The molecule has 0 aliphatic carbocycles. The Morgan fingerprint density at radius 2 is 1.54 bits per heavy atom. The van der Waals surface area contributed by atoms with Crippen molar-refractivity contribution < 1.29 is 27.5 Å². The van der Waals surface area contributed by atoms with E-state index in [4.69, 9.17) is 4.74 Å². The number of benzene rings is 3. The van der Waals surface area contributed by atoms with Crippen LogP contribution in [0.1, 0.15) is 33.2 Å². The molecule has 37 heavy (non-hydrogen) atoms. The van der Waals surface area contributed by atoms with Gasteiger partial charge in [0.2, 0.25) is 0 Å². The zero-order valence-electron chi connectivity index (χ0n) is 20.9. The van der Waals surface area contributed by atoms with E-state index in [0.717, 1.165) is 37.9 Å². The van der Waals surface area contributed by atoms with E-state index in [9.17, 15) is 22.8 Å². The number of ether oxygens (including phenoxy) is 1. The summed E-state index contributed by atoms with van der Waals surface area (Å²) >= 11 is 0. The normalized spacial score (nSPS) is 14.4. The molecule has 3 aromatic carbocycles. The minimum atomic E-state index is -4.63. The maximum Gasteiger partial charge on any atom is 0.417 e. The summed E-state index contributed by atoms with van der Waals surface area (Å²) in [6, 6.07) is 14.8. The zero-order valence-corrected chi connectivity index (χ0v) is 20.9. The molecule has 1 heterocycles. The summed E-state index contributed by atoms with van der Waals surface area (Å²) in [6.45, 7) is 4.72. The first-order valence-electron chi connectivity index (χ1n) is 11.8. The summed E-state index contributed by atoms with van der Waals surface area (Å²) < 4.78 is 46.5. The number of hydrogen-bond donors (Lipinski definition) is 1. The number of ketones is 1. The minimum absolute atomic E-state index is 0.0116. The number of methoxy groups -OCH3 is 1. The number of rotatable bonds is 6. The van der Waals surface area contributed by atoms with Crippen molar-refractivity contribution in [3.05, 3.63) is 77.4 Å². The highest BCUT2D eigenvalue weighted by atomic mass is 19.4. The van der Waals surface area contributed by atoms with Crippen molar-refractivity contribution in [1.29, 1.82) is 0 Å². The third kappa shape index (κ3) is 5.94. The zero-order chi connectivity index (χ0) is 26.7. The number of amides is 1. The van der Waals surface area contributed by atoms with Crippen molar-refractivity contribution in [3.63, 3.8) is 0 Å². The molecule has 4 rings (SSSR count). The van der Waals surface area contributed by atoms with Crippen LogP contribution in [0.3, 0.4) is 0 Å². The largest absolute Gasteiger partial charge is 0.495 e. The van der Waals surface area contributed by atoms with Crippen molar-refractivity contribution >= 4 is 23.1 Å². The smallest absolute Gasteiger partial charge is 0.417 e. The van der Waals surface area contributed by atoms with E-state index in [1.165, 1.54) is 43.3 Å². The lowest BCUT2D eigenvalue weighted by molar-refractivity contribution is -0.137. The Hall–Kier alpha value is -3.85. The van der Waals surface area contributed by atoms with Gasteiger partial charge in [-0.1, -0.05) is 24.3 Å². The average molecular weight is 512 g/mol. The first-order valence-corrected chi connectivity index (χ1v) is 11.8. The molecule has 1 N–H and O–H groups in total. The number of piperazine rings is 1. The highest BCUT2D eigenvalue weighted by Crippen LogP contribution is 2.38. The van der Waals surface area contributed by atoms with E-state index in [0.29, 0.717) is 22.6 Å². The van der Waals surface area contributed by atoms with Gasteiger partial charge in [-0.05, 0) is 61.5 Å². The van der Waals surface area contributed by atoms with E-state index in [2.05, 4.69) is 22.2 Å². The fourth-order valence-corrected chi connectivity index (χ4v) is 4.32. The molecule has 0 saturated carbocycles. The first-order chi connectivity index (χ1) is 17.6. The predicted molar refractivity (Wildman–Crippen MR) is 138 cm³/mol. The Kier molecular flexibility index (Phi) is 7.54. The second-order valence-electron chi connectivity index (χ2n) is 9.02. The van der Waals surface area contributed by atoms with E-state index >= 15 is 0 Å². The molecule has 194 valence electrons. The van der Waals surface area contributed by atoms with Gasteiger partial charge >= 0.3 is 6.18 Å². The van der Waals surface area contributed by atoms with E-state index in [1.54, 1.807) is 19.2 Å². The molecule has 1 aliphatic heterocycles. The number of likely N-dealkylation sites (N-methyl/N-ethyl adjacent to an activating group) is 1. The second-order valence-corrected chi connectivity index (χ2v) is 9.02. The molecule has 0 aromatic heterocycles. The predicted octanol–water partition coefficient (Wildman–Crippen LogP) is 5.59. The highest BCUT2D eigenvalue weighted by Gasteiger charge is 2.34. The van der Waals surface area contributed by atoms with Crippen LogP contribution in [0.25, 0.3) is 11.1 Å². The Labute approximate surface area is 213 Å². The van der Waals surface area contributed by atoms with Crippen LogP contribution < -0.4 is 15.0 Å². The number of Topliss-reactive ketones (excluding diaryl/α,β-unsaturated/α-hetero) is 1. The van der Waals surface area contributed by atoms with Gasteiger partial charge in [-0.15, -0.1) is 0 Å². The first kappa shape index (κ1) is 26.2. The van der Waals surface area contributed by atoms with E-state index in [-0.39, 0.29) is 17.0 Å². The minimum Gasteiger partial charge on any atom is -0.495 e. The van der Waals surface area contributed by atoms with Gasteiger partial charge in [-0.3, -0.25) is 9.59 Å². The highest BCUT2D eigenvalue weighted by molar-refractivity contribution is 6.05. The van der Waals surface area contributed by atoms with Crippen LogP contribution in [0.4, 0.5) is 24.5 Å². The summed E-state index contributed by atoms with van der Waals surface area (Å²) in [6.07, 6.45) is -4.63. The number of carbonyl (C=O) groups excluding carboxylic acids is 2. The second kappa shape index (κ2) is 10.6. The standard InChI is InChI=1S/C28H28F3N3O3/c1-18(35)21-8-10-23(24(16-21)28(29,30)31)19-4-6-20(7-5-19)27(36)32-22-9-11-26(37-3)25(17-22)34-14-12-33(2)13-15-34/h4-11,16-17H,12-15H2,1-3H3,(H,32,36). The van der Waals surface area contributed by atoms with Crippen LogP contribution in [0.5, 0.6) is 5.75 Å². The third-order valence-electron chi connectivity index (χ3n) is 6.47. The summed E-state index contributed by atoms with van der Waals surface area (Å²) in [5.41, 5.74) is 1.10. The van der Waals surface area contributed by atoms with Crippen molar-refractivity contribution in [3.8, 4) is 16.9 Å². The molecule has 1 saturated heterocycles. The van der Waals surface area contributed by atoms with Gasteiger partial charge in [0.05, 0.1) is 18.4 Å². The van der Waals surface area contributed by atoms with Crippen molar-refractivity contribution in [2.24, 2.45) is 0 Å². The molecule has 0 radical (unpaired) electrons. The van der Waals surface area contributed by atoms with Gasteiger partial charge in [0.1, 0.15) is 5.75 Å².